The van der Waals surface area contributed by atoms with Crippen molar-refractivity contribution < 1.29 is 5.21 Å². The Labute approximate surface area is 118 Å². The number of rotatable bonds is 4. The van der Waals surface area contributed by atoms with Gasteiger partial charge >= 0.3 is 0 Å². The summed E-state index contributed by atoms with van der Waals surface area (Å²) < 4.78 is 0. The summed E-state index contributed by atoms with van der Waals surface area (Å²) in [5, 5.41) is 21.5. The molecule has 0 aliphatic heterocycles. The van der Waals surface area contributed by atoms with Gasteiger partial charge in [-0.25, -0.2) is 0 Å². The summed E-state index contributed by atoms with van der Waals surface area (Å²) in [4.78, 5) is 0. The molecule has 2 aromatic rings. The van der Waals surface area contributed by atoms with E-state index < -0.39 is 0 Å². The molecule has 2 rings (SSSR count). The van der Waals surface area contributed by atoms with E-state index in [4.69, 9.17) is 5.26 Å². The van der Waals surface area contributed by atoms with Crippen molar-refractivity contribution in [3.63, 3.8) is 0 Å². The van der Waals surface area contributed by atoms with Gasteiger partial charge in [0.1, 0.15) is 0 Å². The summed E-state index contributed by atoms with van der Waals surface area (Å²) in [6, 6.07) is 18.8. The number of nitriles is 1. The Bertz CT molecular complexity index is 682. The van der Waals surface area contributed by atoms with Gasteiger partial charge in [0.05, 0.1) is 17.3 Å². The first kappa shape index (κ1) is 13.6. The lowest BCUT2D eigenvalue weighted by Gasteiger charge is -2.08. The molecule has 20 heavy (non-hydrogen) atoms. The van der Waals surface area contributed by atoms with Gasteiger partial charge in [0, 0.05) is 12.0 Å². The smallest absolute Gasteiger partial charge is 0.0991 e. The minimum Gasteiger partial charge on any atom is -0.411 e. The van der Waals surface area contributed by atoms with E-state index in [1.807, 2.05) is 36.4 Å². The van der Waals surface area contributed by atoms with E-state index in [1.54, 1.807) is 18.2 Å². The van der Waals surface area contributed by atoms with Crippen LogP contribution in [0.2, 0.25) is 0 Å². The average Bonchev–Trinajstić information content (AvgIpc) is 2.53. The summed E-state index contributed by atoms with van der Waals surface area (Å²) in [6.45, 7) is 4.02. The summed E-state index contributed by atoms with van der Waals surface area (Å²) in [5.41, 5.74) is 3.62. The fourth-order valence-electron chi connectivity index (χ4n) is 1.94. The highest BCUT2D eigenvalue weighted by atomic mass is 16.4. The second-order valence-electron chi connectivity index (χ2n) is 4.39. The predicted octanol–water partition coefficient (Wildman–Crippen LogP) is 3.84. The van der Waals surface area contributed by atoms with Gasteiger partial charge in [-0.1, -0.05) is 54.2 Å². The molecule has 0 atom stereocenters. The normalized spacial score (nSPS) is 10.8. The molecule has 0 radical (unpaired) electrons. The highest BCUT2D eigenvalue weighted by Crippen LogP contribution is 2.19. The maximum absolute atomic E-state index is 9.20. The Kier molecular flexibility index (Phi) is 4.31. The zero-order valence-corrected chi connectivity index (χ0v) is 11.0. The van der Waals surface area contributed by atoms with Crippen LogP contribution >= 0.6 is 0 Å². The van der Waals surface area contributed by atoms with Crippen molar-refractivity contribution in [1.29, 1.82) is 5.26 Å². The topological polar surface area (TPSA) is 56.4 Å². The lowest BCUT2D eigenvalue weighted by Crippen LogP contribution is -2.02. The maximum Gasteiger partial charge on any atom is 0.0991 e. The second kappa shape index (κ2) is 6.35. The third-order valence-corrected chi connectivity index (χ3v) is 3.01. The molecular weight excluding hydrogens is 248 g/mol. The SMILES string of the molecule is C=C(C/C(=N/O)c1cccc(C#N)c1)c1ccccc1. The zero-order chi connectivity index (χ0) is 14.4. The maximum atomic E-state index is 9.20. The molecular formula is C17H14N2O. The van der Waals surface area contributed by atoms with Crippen LogP contribution in [-0.2, 0) is 0 Å². The van der Waals surface area contributed by atoms with Gasteiger partial charge in [0.25, 0.3) is 0 Å². The largest absolute Gasteiger partial charge is 0.411 e. The lowest BCUT2D eigenvalue weighted by molar-refractivity contribution is 0.318. The van der Waals surface area contributed by atoms with Gasteiger partial charge in [0.15, 0.2) is 0 Å². The van der Waals surface area contributed by atoms with Crippen LogP contribution in [0.5, 0.6) is 0 Å². The van der Waals surface area contributed by atoms with Gasteiger partial charge in [-0.05, 0) is 23.3 Å². The monoisotopic (exact) mass is 262 g/mol. The Morgan fingerprint density at radius 3 is 2.45 bits per heavy atom. The Hall–Kier alpha value is -2.86. The molecule has 0 fully saturated rings. The lowest BCUT2D eigenvalue weighted by atomic mass is 9.97. The van der Waals surface area contributed by atoms with E-state index in [-0.39, 0.29) is 0 Å². The first-order valence-electron chi connectivity index (χ1n) is 6.19. The predicted molar refractivity (Wildman–Crippen MR) is 79.6 cm³/mol. The van der Waals surface area contributed by atoms with Gasteiger partial charge in [-0.2, -0.15) is 5.26 Å². The first-order valence-corrected chi connectivity index (χ1v) is 6.19. The molecule has 0 amide bonds. The highest BCUT2D eigenvalue weighted by Gasteiger charge is 2.08. The van der Waals surface area contributed by atoms with Crippen LogP contribution in [0, 0.1) is 11.3 Å². The van der Waals surface area contributed by atoms with Crippen molar-refractivity contribution in [2.75, 3.05) is 0 Å². The number of oxime groups is 1. The van der Waals surface area contributed by atoms with E-state index in [9.17, 15) is 5.21 Å². The fourth-order valence-corrected chi connectivity index (χ4v) is 1.94. The molecule has 1 N–H and O–H groups in total. The minimum atomic E-state index is 0.426. The van der Waals surface area contributed by atoms with E-state index in [0.29, 0.717) is 17.7 Å². The molecule has 98 valence electrons. The number of nitrogens with zero attached hydrogens (tertiary/aromatic N) is 2. The molecule has 0 saturated carbocycles. The van der Waals surface area contributed by atoms with Crippen LogP contribution in [0.4, 0.5) is 0 Å². The number of allylic oxidation sites excluding steroid dienone is 1. The van der Waals surface area contributed by atoms with Gasteiger partial charge < -0.3 is 5.21 Å². The molecule has 0 aromatic heterocycles. The van der Waals surface area contributed by atoms with Gasteiger partial charge in [-0.15, -0.1) is 0 Å². The Morgan fingerprint density at radius 1 is 1.10 bits per heavy atom. The van der Waals surface area contributed by atoms with Crippen molar-refractivity contribution in [1.82, 2.24) is 0 Å². The van der Waals surface area contributed by atoms with Crippen LogP contribution in [0.1, 0.15) is 23.1 Å². The van der Waals surface area contributed by atoms with E-state index in [1.165, 1.54) is 0 Å². The first-order chi connectivity index (χ1) is 9.74. The van der Waals surface area contributed by atoms with Crippen molar-refractivity contribution in [2.45, 2.75) is 6.42 Å². The quantitative estimate of drug-likeness (QED) is 0.517. The van der Waals surface area contributed by atoms with Crippen molar-refractivity contribution in [3.05, 3.63) is 77.9 Å². The number of hydrogen-bond donors (Lipinski definition) is 1. The molecule has 3 heteroatoms. The fraction of sp³-hybridized carbons (Fsp3) is 0.0588. The molecule has 0 aliphatic rings. The standard InChI is InChI=1S/C17H14N2O/c1-13(15-7-3-2-4-8-15)10-17(19-20)16-9-5-6-14(11-16)12-18/h2-9,11,20H,1,10H2/b19-17-. The highest BCUT2D eigenvalue weighted by molar-refractivity contribution is 6.05. The van der Waals surface area contributed by atoms with Crippen molar-refractivity contribution >= 4 is 11.3 Å². The summed E-state index contributed by atoms with van der Waals surface area (Å²) >= 11 is 0. The third-order valence-electron chi connectivity index (χ3n) is 3.01. The van der Waals surface area contributed by atoms with Crippen LogP contribution in [-0.4, -0.2) is 10.9 Å². The van der Waals surface area contributed by atoms with Crippen LogP contribution < -0.4 is 0 Å². The van der Waals surface area contributed by atoms with Gasteiger partial charge in [-0.3, -0.25) is 0 Å². The van der Waals surface area contributed by atoms with Gasteiger partial charge in [0.2, 0.25) is 0 Å². The molecule has 0 heterocycles. The number of benzene rings is 2. The molecule has 3 nitrogen and oxygen atoms in total. The second-order valence-corrected chi connectivity index (χ2v) is 4.39. The van der Waals surface area contributed by atoms with Crippen LogP contribution in [0.3, 0.4) is 0 Å². The van der Waals surface area contributed by atoms with E-state index in [2.05, 4.69) is 17.8 Å². The average molecular weight is 262 g/mol. The zero-order valence-electron chi connectivity index (χ0n) is 11.0. The molecule has 0 unspecified atom stereocenters. The molecule has 0 aliphatic carbocycles. The van der Waals surface area contributed by atoms with Crippen molar-refractivity contribution in [3.8, 4) is 6.07 Å². The summed E-state index contributed by atoms with van der Waals surface area (Å²) in [5.74, 6) is 0. The minimum absolute atomic E-state index is 0.426. The number of hydrogen-bond acceptors (Lipinski definition) is 3. The Balaban J connectivity index is 2.22. The molecule has 0 saturated heterocycles. The third kappa shape index (κ3) is 3.12. The van der Waals surface area contributed by atoms with E-state index in [0.717, 1.165) is 16.7 Å². The molecule has 2 aromatic carbocycles. The van der Waals surface area contributed by atoms with Crippen LogP contribution in [0.25, 0.3) is 5.57 Å². The summed E-state index contributed by atoms with van der Waals surface area (Å²) in [7, 11) is 0. The van der Waals surface area contributed by atoms with Crippen molar-refractivity contribution in [2.24, 2.45) is 5.16 Å². The molecule has 0 spiro atoms. The van der Waals surface area contributed by atoms with E-state index >= 15 is 0 Å². The van der Waals surface area contributed by atoms with Crippen LogP contribution in [0.15, 0.2) is 66.3 Å². The Morgan fingerprint density at radius 2 is 1.80 bits per heavy atom. The molecule has 0 bridgehead atoms. The summed E-state index contributed by atoms with van der Waals surface area (Å²) in [6.07, 6.45) is 0.426.